The van der Waals surface area contributed by atoms with E-state index in [9.17, 15) is 4.57 Å². The number of benzene rings is 2. The molecule has 1 saturated carbocycles. The quantitative estimate of drug-likeness (QED) is 0.404. The van der Waals surface area contributed by atoms with Crippen molar-refractivity contribution >= 4 is 40.6 Å². The Balaban J connectivity index is 1.79. The Hall–Kier alpha value is -1.31. The second-order valence-corrected chi connectivity index (χ2v) is 13.4. The van der Waals surface area contributed by atoms with E-state index in [1.807, 2.05) is 60.7 Å². The molecular formula is C26H30Cl2NOP. The maximum Gasteiger partial charge on any atom is 0.196 e. The van der Waals surface area contributed by atoms with Crippen LogP contribution in [0, 0.1) is 10.8 Å². The summed E-state index contributed by atoms with van der Waals surface area (Å²) in [5.74, 6) is 3.51. The highest BCUT2D eigenvalue weighted by Crippen LogP contribution is 2.65. The average molecular weight is 474 g/mol. The molecule has 0 amide bonds. The third kappa shape index (κ3) is 5.04. The summed E-state index contributed by atoms with van der Waals surface area (Å²) in [6.45, 7) is 7.77. The lowest BCUT2D eigenvalue weighted by molar-refractivity contribution is 0.133. The first-order chi connectivity index (χ1) is 14.6. The second-order valence-electron chi connectivity index (χ2n) is 10.2. The van der Waals surface area contributed by atoms with Crippen molar-refractivity contribution < 1.29 is 4.57 Å². The van der Waals surface area contributed by atoms with Gasteiger partial charge in [-0.3, -0.25) is 4.57 Å². The molecule has 2 aromatic carbocycles. The molecule has 2 nitrogen and oxygen atoms in total. The Morgan fingerprint density at radius 3 is 1.87 bits per heavy atom. The predicted molar refractivity (Wildman–Crippen MR) is 134 cm³/mol. The molecule has 4 rings (SSSR count). The molecule has 1 saturated heterocycles. The Bertz CT molecular complexity index is 988. The Labute approximate surface area is 196 Å². The lowest BCUT2D eigenvalue weighted by atomic mass is 9.65. The molecule has 1 heterocycles. The number of hydrogen-bond donors (Lipinski definition) is 0. The van der Waals surface area contributed by atoms with Crippen LogP contribution in [0.5, 0.6) is 0 Å². The second kappa shape index (κ2) is 8.56. The van der Waals surface area contributed by atoms with Crippen molar-refractivity contribution in [1.82, 2.24) is 4.67 Å². The van der Waals surface area contributed by atoms with E-state index in [0.29, 0.717) is 10.1 Å². The molecule has 2 aromatic rings. The van der Waals surface area contributed by atoms with Gasteiger partial charge in [-0.05, 0) is 41.2 Å². The summed E-state index contributed by atoms with van der Waals surface area (Å²) in [5.41, 5.74) is 2.11. The van der Waals surface area contributed by atoms with Gasteiger partial charge in [-0.25, -0.2) is 4.67 Å². The number of hydrogen-bond acceptors (Lipinski definition) is 1. The molecule has 0 radical (unpaired) electrons. The van der Waals surface area contributed by atoms with Gasteiger partial charge >= 0.3 is 0 Å². The van der Waals surface area contributed by atoms with Crippen molar-refractivity contribution in [3.05, 3.63) is 83.4 Å². The summed E-state index contributed by atoms with van der Waals surface area (Å²) >= 11 is 13.4. The van der Waals surface area contributed by atoms with E-state index in [4.69, 9.17) is 23.2 Å². The van der Waals surface area contributed by atoms with Gasteiger partial charge in [0.05, 0.1) is 10.1 Å². The minimum atomic E-state index is -3.13. The summed E-state index contributed by atoms with van der Waals surface area (Å²) in [6.07, 6.45) is 3.23. The van der Waals surface area contributed by atoms with Crippen LogP contribution in [0.3, 0.4) is 0 Å². The van der Waals surface area contributed by atoms with Gasteiger partial charge in [-0.15, -0.1) is 0 Å². The number of rotatable bonds is 5. The highest BCUT2D eigenvalue weighted by atomic mass is 35.5. The zero-order valence-electron chi connectivity index (χ0n) is 18.4. The molecule has 5 heteroatoms. The molecule has 1 aliphatic heterocycles. The molecule has 0 N–H and O–H groups in total. The van der Waals surface area contributed by atoms with Crippen molar-refractivity contribution in [2.24, 2.45) is 10.8 Å². The van der Waals surface area contributed by atoms with E-state index in [-0.39, 0.29) is 16.9 Å². The predicted octanol–water partition coefficient (Wildman–Crippen LogP) is 8.64. The van der Waals surface area contributed by atoms with Crippen molar-refractivity contribution in [2.45, 2.75) is 46.1 Å². The molecule has 0 spiro atoms. The van der Waals surface area contributed by atoms with Crippen molar-refractivity contribution in [2.75, 3.05) is 6.54 Å². The lowest BCUT2D eigenvalue weighted by Crippen LogP contribution is -2.33. The summed E-state index contributed by atoms with van der Waals surface area (Å²) in [4.78, 5) is 0. The van der Waals surface area contributed by atoms with Gasteiger partial charge in [-0.2, -0.15) is 0 Å². The van der Waals surface area contributed by atoms with E-state index >= 15 is 0 Å². The summed E-state index contributed by atoms with van der Waals surface area (Å²) < 4.78 is 16.9. The normalized spacial score (nSPS) is 26.8. The topological polar surface area (TPSA) is 20.3 Å². The molecule has 1 aliphatic carbocycles. The fraction of sp³-hybridized carbons (Fsp3) is 0.385. The van der Waals surface area contributed by atoms with E-state index in [1.54, 1.807) is 11.6 Å². The molecule has 0 unspecified atom stereocenters. The zero-order chi connectivity index (χ0) is 22.3. The molecule has 2 fully saturated rings. The molecule has 31 heavy (non-hydrogen) atoms. The number of fused-ring (bicyclic) bond motifs is 2. The molecule has 2 atom stereocenters. The zero-order valence-corrected chi connectivity index (χ0v) is 20.8. The minimum Gasteiger partial charge on any atom is -0.297 e. The SMILES string of the molecule is CC1(C)C[C@H]2C[C@@](C)(CN2P(=O)(/C=C(\Cl)c2ccccc2)/C=C(\Cl)c2ccccc2)C1. The Morgan fingerprint density at radius 1 is 0.903 bits per heavy atom. The van der Waals surface area contributed by atoms with Gasteiger partial charge < -0.3 is 0 Å². The van der Waals surface area contributed by atoms with Gasteiger partial charge in [-0.1, -0.05) is 105 Å². The van der Waals surface area contributed by atoms with Crippen molar-refractivity contribution in [3.63, 3.8) is 0 Å². The lowest BCUT2D eigenvalue weighted by Gasteiger charge is -2.40. The molecule has 0 aromatic heterocycles. The first-order valence-electron chi connectivity index (χ1n) is 10.8. The van der Waals surface area contributed by atoms with Crippen LogP contribution in [0.1, 0.15) is 51.2 Å². The monoisotopic (exact) mass is 473 g/mol. The maximum absolute atomic E-state index is 14.7. The van der Waals surface area contributed by atoms with Gasteiger partial charge in [0.2, 0.25) is 0 Å². The maximum atomic E-state index is 14.7. The van der Waals surface area contributed by atoms with Crippen LogP contribution in [0.4, 0.5) is 0 Å². The van der Waals surface area contributed by atoms with E-state index in [1.165, 1.54) is 0 Å². The van der Waals surface area contributed by atoms with Crippen molar-refractivity contribution in [3.8, 4) is 0 Å². The standard InChI is InChI=1S/C26H30Cl2NOP/c1-25(2)14-22-15-26(3,18-25)19-29(22)31(30,16-23(27)20-10-6-4-7-11-20)17-24(28)21-12-8-5-9-13-21/h4-13,16-17,22H,14-15,18-19H2,1-3H3/b23-16-,24-17-/t22-,26+/m0/s1. The Kier molecular flexibility index (Phi) is 6.32. The highest BCUT2D eigenvalue weighted by molar-refractivity contribution is 7.68. The minimum absolute atomic E-state index is 0.155. The third-order valence-corrected chi connectivity index (χ3v) is 9.97. The first kappa shape index (κ1) is 22.9. The van der Waals surface area contributed by atoms with Crippen LogP contribution in [0.25, 0.3) is 10.1 Å². The average Bonchev–Trinajstić information content (AvgIpc) is 2.98. The van der Waals surface area contributed by atoms with Crippen LogP contribution < -0.4 is 0 Å². The first-order valence-corrected chi connectivity index (χ1v) is 13.4. The largest absolute Gasteiger partial charge is 0.297 e. The highest BCUT2D eigenvalue weighted by Gasteiger charge is 2.53. The van der Waals surface area contributed by atoms with Crippen LogP contribution in [-0.4, -0.2) is 17.3 Å². The summed E-state index contributed by atoms with van der Waals surface area (Å²) in [5, 5.41) is 1.01. The molecule has 164 valence electrons. The van der Waals surface area contributed by atoms with E-state index in [2.05, 4.69) is 25.4 Å². The van der Waals surface area contributed by atoms with Crippen LogP contribution in [0.2, 0.25) is 0 Å². The molecular weight excluding hydrogens is 444 g/mol. The van der Waals surface area contributed by atoms with Gasteiger partial charge in [0.15, 0.2) is 7.29 Å². The van der Waals surface area contributed by atoms with Crippen LogP contribution in [0.15, 0.2) is 72.3 Å². The van der Waals surface area contributed by atoms with Gasteiger partial charge in [0.25, 0.3) is 0 Å². The van der Waals surface area contributed by atoms with E-state index < -0.39 is 7.29 Å². The van der Waals surface area contributed by atoms with E-state index in [0.717, 1.165) is 36.9 Å². The fourth-order valence-corrected chi connectivity index (χ4v) is 9.30. The van der Waals surface area contributed by atoms with Crippen LogP contribution in [-0.2, 0) is 4.57 Å². The van der Waals surface area contributed by atoms with Gasteiger partial charge in [0.1, 0.15) is 0 Å². The summed E-state index contributed by atoms with van der Waals surface area (Å²) in [6, 6.07) is 19.7. The third-order valence-electron chi connectivity index (χ3n) is 6.48. The fourth-order valence-electron chi connectivity index (χ4n) is 5.65. The smallest absolute Gasteiger partial charge is 0.196 e. The molecule has 2 bridgehead atoms. The molecule has 2 aliphatic rings. The van der Waals surface area contributed by atoms with Crippen molar-refractivity contribution in [1.29, 1.82) is 0 Å². The van der Waals surface area contributed by atoms with Gasteiger partial charge in [0, 0.05) is 24.2 Å². The Morgan fingerprint density at radius 2 is 1.39 bits per heavy atom. The number of halogens is 2. The van der Waals surface area contributed by atoms with Crippen LogP contribution >= 0.6 is 30.5 Å². The number of nitrogens with zero attached hydrogens (tertiary/aromatic N) is 1. The summed E-state index contributed by atoms with van der Waals surface area (Å²) in [7, 11) is -3.13.